The minimum absolute atomic E-state index is 0.404. The lowest BCUT2D eigenvalue weighted by Gasteiger charge is -2.11. The first kappa shape index (κ1) is 14.2. The van der Waals surface area contributed by atoms with Crippen LogP contribution in [0.4, 0.5) is 17.5 Å². The maximum Gasteiger partial charge on any atom is 0.240 e. The average Bonchev–Trinajstić information content (AvgIpc) is 2.82. The Labute approximate surface area is 134 Å². The van der Waals surface area contributed by atoms with E-state index in [1.807, 2.05) is 19.1 Å². The van der Waals surface area contributed by atoms with Gasteiger partial charge in [-0.15, -0.1) is 11.3 Å². The number of hydrogen-bond donors (Lipinski definition) is 3. The SMILES string of the molecule is Cc1cc2c(Nc3ccc(Br)cc3C)nc(NN)nc2s1. The van der Waals surface area contributed by atoms with Gasteiger partial charge in [0.05, 0.1) is 5.39 Å². The zero-order chi connectivity index (χ0) is 15.0. The Balaban J connectivity index is 2.10. The molecule has 7 heteroatoms. The molecule has 2 heterocycles. The topological polar surface area (TPSA) is 75.9 Å². The van der Waals surface area contributed by atoms with Gasteiger partial charge in [0.2, 0.25) is 5.95 Å². The number of hydrazine groups is 1. The van der Waals surface area contributed by atoms with Gasteiger partial charge in [-0.1, -0.05) is 15.9 Å². The van der Waals surface area contributed by atoms with Gasteiger partial charge in [0.15, 0.2) is 0 Å². The summed E-state index contributed by atoms with van der Waals surface area (Å²) in [5.74, 6) is 6.61. The molecule has 0 saturated heterocycles. The van der Waals surface area contributed by atoms with Gasteiger partial charge < -0.3 is 5.32 Å². The number of anilines is 3. The molecule has 0 spiro atoms. The highest BCUT2D eigenvalue weighted by Gasteiger charge is 2.11. The number of halogens is 1. The fourth-order valence-corrected chi connectivity index (χ4v) is 3.45. The molecule has 21 heavy (non-hydrogen) atoms. The molecule has 0 aliphatic rings. The van der Waals surface area contributed by atoms with E-state index in [4.69, 9.17) is 5.84 Å². The summed E-state index contributed by atoms with van der Waals surface area (Å²) in [6.07, 6.45) is 0. The Morgan fingerprint density at radius 3 is 2.71 bits per heavy atom. The van der Waals surface area contributed by atoms with E-state index in [0.717, 1.165) is 31.8 Å². The quantitative estimate of drug-likeness (QED) is 0.482. The second-order valence-corrected chi connectivity index (χ2v) is 6.85. The van der Waals surface area contributed by atoms with Crippen molar-refractivity contribution in [1.29, 1.82) is 0 Å². The maximum atomic E-state index is 5.46. The Kier molecular flexibility index (Phi) is 3.79. The van der Waals surface area contributed by atoms with Crippen molar-refractivity contribution >= 4 is 54.9 Å². The van der Waals surface area contributed by atoms with Crippen LogP contribution in [-0.4, -0.2) is 9.97 Å². The minimum Gasteiger partial charge on any atom is -0.339 e. The van der Waals surface area contributed by atoms with Crippen molar-refractivity contribution in [2.75, 3.05) is 10.7 Å². The van der Waals surface area contributed by atoms with Gasteiger partial charge in [-0.2, -0.15) is 4.98 Å². The van der Waals surface area contributed by atoms with E-state index in [-0.39, 0.29) is 0 Å². The number of nitrogens with one attached hydrogen (secondary N) is 2. The van der Waals surface area contributed by atoms with Crippen LogP contribution in [0.15, 0.2) is 28.7 Å². The minimum atomic E-state index is 0.404. The van der Waals surface area contributed by atoms with Crippen molar-refractivity contribution in [2.24, 2.45) is 5.84 Å². The third-order valence-corrected chi connectivity index (χ3v) is 4.52. The lowest BCUT2D eigenvalue weighted by atomic mass is 10.2. The first-order valence-corrected chi connectivity index (χ1v) is 7.96. The lowest BCUT2D eigenvalue weighted by molar-refractivity contribution is 1.16. The van der Waals surface area contributed by atoms with Gasteiger partial charge in [-0.25, -0.2) is 10.8 Å². The largest absolute Gasteiger partial charge is 0.339 e. The summed E-state index contributed by atoms with van der Waals surface area (Å²) >= 11 is 5.09. The van der Waals surface area contributed by atoms with E-state index in [0.29, 0.717) is 5.95 Å². The molecule has 0 amide bonds. The molecule has 108 valence electrons. The van der Waals surface area contributed by atoms with E-state index in [1.165, 1.54) is 4.88 Å². The molecule has 3 aromatic rings. The highest BCUT2D eigenvalue weighted by Crippen LogP contribution is 2.32. The molecule has 0 atom stereocenters. The third-order valence-electron chi connectivity index (χ3n) is 3.09. The number of benzene rings is 1. The van der Waals surface area contributed by atoms with Gasteiger partial charge in [-0.3, -0.25) is 5.43 Å². The molecular formula is C14H14BrN5S. The molecule has 0 bridgehead atoms. The van der Waals surface area contributed by atoms with Crippen LogP contribution in [-0.2, 0) is 0 Å². The van der Waals surface area contributed by atoms with Crippen LogP contribution in [0, 0.1) is 13.8 Å². The number of nitrogens with zero attached hydrogens (tertiary/aromatic N) is 2. The molecule has 4 N–H and O–H groups in total. The highest BCUT2D eigenvalue weighted by molar-refractivity contribution is 9.10. The molecule has 5 nitrogen and oxygen atoms in total. The van der Waals surface area contributed by atoms with Crippen LogP contribution in [0.1, 0.15) is 10.4 Å². The van der Waals surface area contributed by atoms with Crippen molar-refractivity contribution < 1.29 is 0 Å². The highest BCUT2D eigenvalue weighted by atomic mass is 79.9. The zero-order valence-electron chi connectivity index (χ0n) is 11.6. The molecule has 0 unspecified atom stereocenters. The van der Waals surface area contributed by atoms with E-state index in [2.05, 4.69) is 55.7 Å². The fourth-order valence-electron chi connectivity index (χ4n) is 2.10. The van der Waals surface area contributed by atoms with E-state index in [1.54, 1.807) is 11.3 Å². The molecular weight excluding hydrogens is 350 g/mol. The molecule has 0 fully saturated rings. The van der Waals surface area contributed by atoms with Crippen molar-refractivity contribution in [3.8, 4) is 0 Å². The van der Waals surface area contributed by atoms with Crippen LogP contribution in [0.25, 0.3) is 10.2 Å². The monoisotopic (exact) mass is 363 g/mol. The van der Waals surface area contributed by atoms with Gasteiger partial charge in [-0.05, 0) is 43.7 Å². The molecule has 2 aromatic heterocycles. The summed E-state index contributed by atoms with van der Waals surface area (Å²) in [5.41, 5.74) is 4.65. The number of aromatic nitrogens is 2. The molecule has 3 rings (SSSR count). The summed E-state index contributed by atoms with van der Waals surface area (Å²) in [5, 5.41) is 4.37. The summed E-state index contributed by atoms with van der Waals surface area (Å²) in [6.45, 7) is 4.10. The number of thiophene rings is 1. The fraction of sp³-hybridized carbons (Fsp3) is 0.143. The molecule has 0 saturated carbocycles. The second-order valence-electron chi connectivity index (χ2n) is 4.70. The Bertz CT molecular complexity index is 814. The van der Waals surface area contributed by atoms with E-state index in [9.17, 15) is 0 Å². The third kappa shape index (κ3) is 2.85. The maximum absolute atomic E-state index is 5.46. The van der Waals surface area contributed by atoms with Crippen LogP contribution >= 0.6 is 27.3 Å². The Morgan fingerprint density at radius 2 is 2.00 bits per heavy atom. The van der Waals surface area contributed by atoms with Crippen molar-refractivity contribution in [3.63, 3.8) is 0 Å². The van der Waals surface area contributed by atoms with Gasteiger partial charge in [0.25, 0.3) is 0 Å². The number of aryl methyl sites for hydroxylation is 2. The zero-order valence-corrected chi connectivity index (χ0v) is 14.0. The van der Waals surface area contributed by atoms with Crippen LogP contribution in [0.5, 0.6) is 0 Å². The van der Waals surface area contributed by atoms with Gasteiger partial charge >= 0.3 is 0 Å². The summed E-state index contributed by atoms with van der Waals surface area (Å²) in [7, 11) is 0. The Hall–Kier alpha value is -1.70. The average molecular weight is 364 g/mol. The first-order chi connectivity index (χ1) is 10.1. The molecule has 0 radical (unpaired) electrons. The first-order valence-electron chi connectivity index (χ1n) is 6.35. The number of fused-ring (bicyclic) bond motifs is 1. The number of nitrogens with two attached hydrogens (primary N) is 1. The predicted molar refractivity (Wildman–Crippen MR) is 92.1 cm³/mol. The van der Waals surface area contributed by atoms with Gasteiger partial charge in [0.1, 0.15) is 10.6 Å². The number of hydrogen-bond acceptors (Lipinski definition) is 6. The van der Waals surface area contributed by atoms with E-state index < -0.39 is 0 Å². The van der Waals surface area contributed by atoms with Crippen molar-refractivity contribution in [2.45, 2.75) is 13.8 Å². The van der Waals surface area contributed by atoms with Crippen molar-refractivity contribution in [3.05, 3.63) is 39.2 Å². The number of nitrogen functional groups attached to an aromatic ring is 1. The predicted octanol–water partition coefficient (Wildman–Crippen LogP) is 4.10. The smallest absolute Gasteiger partial charge is 0.240 e. The normalized spacial score (nSPS) is 10.9. The van der Waals surface area contributed by atoms with Crippen LogP contribution in [0.2, 0.25) is 0 Å². The molecule has 1 aromatic carbocycles. The van der Waals surface area contributed by atoms with E-state index >= 15 is 0 Å². The summed E-state index contributed by atoms with van der Waals surface area (Å²) in [6, 6.07) is 8.15. The number of rotatable bonds is 3. The summed E-state index contributed by atoms with van der Waals surface area (Å²) < 4.78 is 1.05. The Morgan fingerprint density at radius 1 is 1.19 bits per heavy atom. The molecule has 0 aliphatic heterocycles. The molecule has 0 aliphatic carbocycles. The lowest BCUT2D eigenvalue weighted by Crippen LogP contribution is -2.11. The van der Waals surface area contributed by atoms with Crippen molar-refractivity contribution in [1.82, 2.24) is 9.97 Å². The van der Waals surface area contributed by atoms with Crippen LogP contribution in [0.3, 0.4) is 0 Å². The summed E-state index contributed by atoms with van der Waals surface area (Å²) in [4.78, 5) is 10.9. The standard InChI is InChI=1S/C14H14BrN5S/c1-7-5-9(15)3-4-11(7)17-12-10-6-8(2)21-13(10)19-14(18-12)20-16/h3-6H,16H2,1-2H3,(H2,17,18,19,20). The van der Waals surface area contributed by atoms with Crippen LogP contribution < -0.4 is 16.6 Å². The second kappa shape index (κ2) is 5.59. The van der Waals surface area contributed by atoms with Gasteiger partial charge in [0, 0.05) is 15.0 Å².